The van der Waals surface area contributed by atoms with Gasteiger partial charge in [0.2, 0.25) is 5.91 Å². The molecule has 1 unspecified atom stereocenters. The van der Waals surface area contributed by atoms with Gasteiger partial charge in [-0.1, -0.05) is 6.07 Å². The lowest BCUT2D eigenvalue weighted by atomic mass is 9.97. The van der Waals surface area contributed by atoms with E-state index in [0.29, 0.717) is 29.0 Å². The fourth-order valence-corrected chi connectivity index (χ4v) is 2.47. The van der Waals surface area contributed by atoms with Crippen LogP contribution in [0.3, 0.4) is 0 Å². The summed E-state index contributed by atoms with van der Waals surface area (Å²) >= 11 is 0. The average Bonchev–Trinajstić information content (AvgIpc) is 2.53. The number of piperidine rings is 1. The van der Waals surface area contributed by atoms with Crippen LogP contribution in [0.15, 0.2) is 24.3 Å². The van der Waals surface area contributed by atoms with Crippen molar-refractivity contribution in [1.82, 2.24) is 4.90 Å². The van der Waals surface area contributed by atoms with Gasteiger partial charge in [0, 0.05) is 18.8 Å². The van der Waals surface area contributed by atoms with Crippen LogP contribution in [-0.4, -0.2) is 36.0 Å². The lowest BCUT2D eigenvalue weighted by Gasteiger charge is -2.32. The summed E-state index contributed by atoms with van der Waals surface area (Å²) in [6, 6.07) is 8.15. The normalized spacial score (nSPS) is 18.2. The topological polar surface area (TPSA) is 73.2 Å². The zero-order valence-electron chi connectivity index (χ0n) is 12.1. The molecule has 0 saturated carbocycles. The van der Waals surface area contributed by atoms with Gasteiger partial charge in [0.05, 0.1) is 17.6 Å². The second-order valence-corrected chi connectivity index (χ2v) is 5.27. The fraction of sp³-hybridized carbons (Fsp3) is 0.400. The summed E-state index contributed by atoms with van der Waals surface area (Å²) in [7, 11) is 0. The first kappa shape index (κ1) is 16.8. The number of amides is 2. The molecule has 1 aromatic rings. The van der Waals surface area contributed by atoms with Crippen LogP contribution in [0.25, 0.3) is 0 Å². The molecule has 1 aliphatic heterocycles. The highest BCUT2D eigenvalue weighted by molar-refractivity contribution is 5.93. The van der Waals surface area contributed by atoms with Crippen LogP contribution in [0.5, 0.6) is 0 Å². The van der Waals surface area contributed by atoms with Crippen LogP contribution < -0.4 is 5.32 Å². The highest BCUT2D eigenvalue weighted by Crippen LogP contribution is 2.24. The Balaban J connectivity index is 2.02. The highest BCUT2D eigenvalue weighted by atomic mass is 19.4. The van der Waals surface area contributed by atoms with Crippen molar-refractivity contribution < 1.29 is 22.8 Å². The minimum Gasteiger partial charge on any atom is -0.334 e. The zero-order chi connectivity index (χ0) is 17.0. The average molecular weight is 325 g/mol. The molecule has 2 amide bonds. The Hall–Kier alpha value is -2.56. The second kappa shape index (κ2) is 6.69. The number of carbonyl (C=O) groups is 2. The van der Waals surface area contributed by atoms with Crippen LogP contribution in [-0.2, 0) is 9.59 Å². The third-order valence-corrected chi connectivity index (χ3v) is 3.58. The molecule has 0 spiro atoms. The number of carbonyl (C=O) groups excluding carboxylic acids is 2. The molecule has 8 heteroatoms. The third-order valence-electron chi connectivity index (χ3n) is 3.58. The van der Waals surface area contributed by atoms with E-state index in [1.54, 1.807) is 18.2 Å². The predicted octanol–water partition coefficient (Wildman–Crippen LogP) is 2.30. The monoisotopic (exact) mass is 325 g/mol. The van der Waals surface area contributed by atoms with Crippen molar-refractivity contribution in [1.29, 1.82) is 5.26 Å². The van der Waals surface area contributed by atoms with Gasteiger partial charge in [-0.25, -0.2) is 0 Å². The van der Waals surface area contributed by atoms with Crippen molar-refractivity contribution in [3.8, 4) is 6.07 Å². The van der Waals surface area contributed by atoms with E-state index >= 15 is 0 Å². The van der Waals surface area contributed by atoms with Crippen molar-refractivity contribution in [3.63, 3.8) is 0 Å². The van der Waals surface area contributed by atoms with Crippen molar-refractivity contribution in [2.45, 2.75) is 19.0 Å². The number of hydrogen-bond donors (Lipinski definition) is 1. The summed E-state index contributed by atoms with van der Waals surface area (Å²) in [6.45, 7) is -0.270. The quantitative estimate of drug-likeness (QED) is 0.907. The Morgan fingerprint density at radius 1 is 1.35 bits per heavy atom. The number of likely N-dealkylation sites (tertiary alicyclic amines) is 1. The van der Waals surface area contributed by atoms with Gasteiger partial charge in [-0.15, -0.1) is 0 Å². The fourth-order valence-electron chi connectivity index (χ4n) is 2.47. The number of nitrogens with one attached hydrogen (secondary N) is 1. The van der Waals surface area contributed by atoms with E-state index < -0.39 is 23.9 Å². The minimum atomic E-state index is -4.93. The van der Waals surface area contributed by atoms with Gasteiger partial charge in [0.15, 0.2) is 0 Å². The van der Waals surface area contributed by atoms with E-state index in [-0.39, 0.29) is 13.1 Å². The third kappa shape index (κ3) is 4.22. The number of benzene rings is 1. The smallest absolute Gasteiger partial charge is 0.334 e. The molecule has 1 aliphatic rings. The zero-order valence-corrected chi connectivity index (χ0v) is 12.1. The number of halogens is 3. The van der Waals surface area contributed by atoms with Crippen molar-refractivity contribution in [2.24, 2.45) is 5.92 Å². The number of rotatable bonds is 2. The summed E-state index contributed by atoms with van der Waals surface area (Å²) in [4.78, 5) is 24.1. The molecular weight excluding hydrogens is 311 g/mol. The van der Waals surface area contributed by atoms with Crippen LogP contribution in [0, 0.1) is 17.2 Å². The van der Waals surface area contributed by atoms with E-state index in [9.17, 15) is 22.8 Å². The standard InChI is InChI=1S/C15H14F3N3O2/c16-15(17,18)14(23)21-6-2-4-11(9-21)13(22)20-12-5-1-3-10(7-12)8-19/h1,3,5,7,11H,2,4,6,9H2,(H,20,22). The minimum absolute atomic E-state index is 0.00790. The van der Waals surface area contributed by atoms with E-state index in [0.717, 1.165) is 0 Å². The summed E-state index contributed by atoms with van der Waals surface area (Å²) in [6.07, 6.45) is -4.19. The van der Waals surface area contributed by atoms with Gasteiger partial charge in [0.1, 0.15) is 0 Å². The summed E-state index contributed by atoms with van der Waals surface area (Å²) in [5, 5.41) is 11.4. The number of hydrogen-bond acceptors (Lipinski definition) is 3. The Kier molecular flexibility index (Phi) is 4.89. The SMILES string of the molecule is N#Cc1cccc(NC(=O)C2CCCN(C(=O)C(F)(F)F)C2)c1. The Morgan fingerprint density at radius 2 is 2.09 bits per heavy atom. The lowest BCUT2D eigenvalue weighted by Crippen LogP contribution is -2.48. The molecular formula is C15H14F3N3O2. The summed E-state index contributed by atoms with van der Waals surface area (Å²) in [5.74, 6) is -3.08. The molecule has 0 aromatic heterocycles. The van der Waals surface area contributed by atoms with Crippen molar-refractivity contribution in [2.75, 3.05) is 18.4 Å². The first-order valence-electron chi connectivity index (χ1n) is 6.98. The van der Waals surface area contributed by atoms with E-state index in [1.807, 2.05) is 6.07 Å². The van der Waals surface area contributed by atoms with Gasteiger partial charge >= 0.3 is 12.1 Å². The largest absolute Gasteiger partial charge is 0.471 e. The Morgan fingerprint density at radius 3 is 2.74 bits per heavy atom. The number of anilines is 1. The highest BCUT2D eigenvalue weighted by Gasteiger charge is 2.44. The molecule has 2 rings (SSSR count). The number of nitriles is 1. The molecule has 1 aromatic carbocycles. The second-order valence-electron chi connectivity index (χ2n) is 5.27. The number of nitrogens with zero attached hydrogens (tertiary/aromatic N) is 2. The molecule has 122 valence electrons. The van der Waals surface area contributed by atoms with Crippen molar-refractivity contribution in [3.05, 3.63) is 29.8 Å². The van der Waals surface area contributed by atoms with Gasteiger partial charge in [-0.3, -0.25) is 9.59 Å². The van der Waals surface area contributed by atoms with Crippen LogP contribution in [0.1, 0.15) is 18.4 Å². The Bertz CT molecular complexity index is 652. The molecule has 0 aliphatic carbocycles. The van der Waals surface area contributed by atoms with Crippen molar-refractivity contribution >= 4 is 17.5 Å². The molecule has 1 heterocycles. The molecule has 1 saturated heterocycles. The molecule has 23 heavy (non-hydrogen) atoms. The maximum atomic E-state index is 12.5. The van der Waals surface area contributed by atoms with Gasteiger partial charge in [-0.05, 0) is 31.0 Å². The molecule has 5 nitrogen and oxygen atoms in total. The molecule has 1 N–H and O–H groups in total. The maximum absolute atomic E-state index is 12.5. The van der Waals surface area contributed by atoms with Gasteiger partial charge in [-0.2, -0.15) is 18.4 Å². The molecule has 1 fully saturated rings. The van der Waals surface area contributed by atoms with Crippen LogP contribution >= 0.6 is 0 Å². The molecule has 0 bridgehead atoms. The first-order valence-corrected chi connectivity index (χ1v) is 6.98. The maximum Gasteiger partial charge on any atom is 0.471 e. The predicted molar refractivity (Wildman–Crippen MR) is 75.1 cm³/mol. The van der Waals surface area contributed by atoms with E-state index in [2.05, 4.69) is 5.32 Å². The Labute approximate surface area is 130 Å². The van der Waals surface area contributed by atoms with Gasteiger partial charge in [0.25, 0.3) is 0 Å². The van der Waals surface area contributed by atoms with Crippen LogP contribution in [0.2, 0.25) is 0 Å². The van der Waals surface area contributed by atoms with E-state index in [4.69, 9.17) is 5.26 Å². The number of alkyl halides is 3. The first-order chi connectivity index (χ1) is 10.8. The van der Waals surface area contributed by atoms with E-state index in [1.165, 1.54) is 6.07 Å². The molecule has 1 atom stereocenters. The van der Waals surface area contributed by atoms with Gasteiger partial charge < -0.3 is 10.2 Å². The summed E-state index contributed by atoms with van der Waals surface area (Å²) in [5.41, 5.74) is 0.758. The molecule has 0 radical (unpaired) electrons. The lowest BCUT2D eigenvalue weighted by molar-refractivity contribution is -0.187. The van der Waals surface area contributed by atoms with Crippen LogP contribution in [0.4, 0.5) is 18.9 Å². The summed E-state index contributed by atoms with van der Waals surface area (Å²) < 4.78 is 37.4.